The minimum absolute atomic E-state index is 0.0700. The number of aldehydes is 1. The molecule has 0 N–H and O–H groups in total. The first-order chi connectivity index (χ1) is 9.04. The number of hydrogen-bond acceptors (Lipinski definition) is 5. The normalized spacial score (nSPS) is 23.2. The van der Waals surface area contributed by atoms with Crippen molar-refractivity contribution < 1.29 is 14.5 Å². The Morgan fingerprint density at radius 3 is 2.53 bits per heavy atom. The molecule has 0 radical (unpaired) electrons. The summed E-state index contributed by atoms with van der Waals surface area (Å²) in [4.78, 5) is 23.5. The number of morpholine rings is 1. The van der Waals surface area contributed by atoms with E-state index >= 15 is 0 Å². The molecule has 2 rings (SSSR count). The average Bonchev–Trinajstić information content (AvgIpc) is 2.38. The maximum Gasteiger partial charge on any atom is 0.270 e. The molecule has 6 heteroatoms. The Morgan fingerprint density at radius 1 is 1.37 bits per heavy atom. The Kier molecular flexibility index (Phi) is 3.80. The molecule has 2 unspecified atom stereocenters. The number of hydrogen-bond donors (Lipinski definition) is 0. The second-order valence-electron chi connectivity index (χ2n) is 4.76. The molecule has 0 aliphatic carbocycles. The maximum absolute atomic E-state index is 11.2. The van der Waals surface area contributed by atoms with Gasteiger partial charge >= 0.3 is 0 Å². The third kappa shape index (κ3) is 2.58. The minimum Gasteiger partial charge on any atom is -0.377 e. The smallest absolute Gasteiger partial charge is 0.270 e. The Bertz CT molecular complexity index is 493. The lowest BCUT2D eigenvalue weighted by atomic mass is 10.1. The number of nitro groups is 1. The zero-order valence-electron chi connectivity index (χ0n) is 10.9. The lowest BCUT2D eigenvalue weighted by molar-refractivity contribution is -0.384. The van der Waals surface area contributed by atoms with Gasteiger partial charge in [0, 0.05) is 35.5 Å². The second-order valence-corrected chi connectivity index (χ2v) is 4.76. The van der Waals surface area contributed by atoms with Crippen LogP contribution in [0, 0.1) is 10.1 Å². The van der Waals surface area contributed by atoms with Crippen molar-refractivity contribution in [2.24, 2.45) is 0 Å². The number of nitrogens with zero attached hydrogens (tertiary/aromatic N) is 2. The van der Waals surface area contributed by atoms with Crippen LogP contribution in [0.3, 0.4) is 0 Å². The summed E-state index contributed by atoms with van der Waals surface area (Å²) in [5.74, 6) is 0. The summed E-state index contributed by atoms with van der Waals surface area (Å²) < 4.78 is 5.44. The topological polar surface area (TPSA) is 72.7 Å². The molecule has 19 heavy (non-hydrogen) atoms. The summed E-state index contributed by atoms with van der Waals surface area (Å²) in [6.45, 7) is 5.18. The highest BCUT2D eigenvalue weighted by atomic mass is 16.6. The fourth-order valence-electron chi connectivity index (χ4n) is 2.46. The first kappa shape index (κ1) is 13.5. The van der Waals surface area contributed by atoms with Gasteiger partial charge in [-0.3, -0.25) is 14.9 Å². The molecule has 0 saturated carbocycles. The van der Waals surface area contributed by atoms with Crippen molar-refractivity contribution in [3.63, 3.8) is 0 Å². The van der Waals surface area contributed by atoms with Crippen LogP contribution in [-0.4, -0.2) is 36.5 Å². The highest BCUT2D eigenvalue weighted by Gasteiger charge is 2.27. The van der Waals surface area contributed by atoms with Crippen molar-refractivity contribution in [2.45, 2.75) is 25.9 Å². The number of ether oxygens (including phenoxy) is 1. The van der Waals surface area contributed by atoms with Gasteiger partial charge in [0.05, 0.1) is 18.1 Å². The third-order valence-electron chi connectivity index (χ3n) is 3.29. The molecule has 0 aromatic heterocycles. The van der Waals surface area contributed by atoms with Crippen LogP contribution >= 0.6 is 0 Å². The molecular formula is C13H16N2O4. The molecule has 1 aliphatic rings. The molecule has 0 bridgehead atoms. The van der Waals surface area contributed by atoms with Gasteiger partial charge in [0.1, 0.15) is 0 Å². The standard InChI is InChI=1S/C13H16N2O4/c1-9-7-19-8-10(2)14(9)13-4-3-12(15(17)18)5-11(13)6-16/h3-6,9-10H,7-8H2,1-2H3. The van der Waals surface area contributed by atoms with Crippen LogP contribution in [0.5, 0.6) is 0 Å². The van der Waals surface area contributed by atoms with E-state index in [9.17, 15) is 14.9 Å². The van der Waals surface area contributed by atoms with E-state index in [0.29, 0.717) is 25.1 Å². The zero-order chi connectivity index (χ0) is 14.0. The number of carbonyl (C=O) groups excluding carboxylic acids is 1. The van der Waals surface area contributed by atoms with Gasteiger partial charge < -0.3 is 9.64 Å². The molecular weight excluding hydrogens is 248 g/mol. The van der Waals surface area contributed by atoms with Crippen LogP contribution in [-0.2, 0) is 4.74 Å². The van der Waals surface area contributed by atoms with Crippen LogP contribution in [0.15, 0.2) is 18.2 Å². The monoisotopic (exact) mass is 264 g/mol. The molecule has 0 amide bonds. The van der Waals surface area contributed by atoms with E-state index in [1.54, 1.807) is 6.07 Å². The predicted octanol–water partition coefficient (Wildman–Crippen LogP) is 2.02. The number of benzene rings is 1. The molecule has 2 atom stereocenters. The van der Waals surface area contributed by atoms with Gasteiger partial charge in [-0.05, 0) is 19.9 Å². The van der Waals surface area contributed by atoms with E-state index in [4.69, 9.17) is 4.74 Å². The van der Waals surface area contributed by atoms with E-state index in [0.717, 1.165) is 5.69 Å². The molecule has 0 spiro atoms. The Hall–Kier alpha value is -1.95. The zero-order valence-corrected chi connectivity index (χ0v) is 10.9. The Morgan fingerprint density at radius 2 is 2.00 bits per heavy atom. The van der Waals surface area contributed by atoms with Gasteiger partial charge in [0.2, 0.25) is 0 Å². The summed E-state index contributed by atoms with van der Waals surface area (Å²) >= 11 is 0. The van der Waals surface area contributed by atoms with Crippen molar-refractivity contribution in [3.05, 3.63) is 33.9 Å². The van der Waals surface area contributed by atoms with E-state index < -0.39 is 4.92 Å². The molecule has 1 aliphatic heterocycles. The van der Waals surface area contributed by atoms with Crippen molar-refractivity contribution >= 4 is 17.7 Å². The van der Waals surface area contributed by atoms with Gasteiger partial charge in [-0.15, -0.1) is 0 Å². The summed E-state index contributed by atoms with van der Waals surface area (Å²) in [5.41, 5.74) is 0.998. The predicted molar refractivity (Wildman–Crippen MR) is 70.7 cm³/mol. The molecule has 1 fully saturated rings. The van der Waals surface area contributed by atoms with E-state index in [1.165, 1.54) is 12.1 Å². The van der Waals surface area contributed by atoms with Crippen LogP contribution in [0.25, 0.3) is 0 Å². The van der Waals surface area contributed by atoms with Crippen molar-refractivity contribution in [1.29, 1.82) is 0 Å². The van der Waals surface area contributed by atoms with Crippen LogP contribution in [0.2, 0.25) is 0 Å². The highest BCUT2D eigenvalue weighted by Crippen LogP contribution is 2.29. The van der Waals surface area contributed by atoms with Gasteiger partial charge in [0.15, 0.2) is 6.29 Å². The van der Waals surface area contributed by atoms with Gasteiger partial charge in [-0.25, -0.2) is 0 Å². The quantitative estimate of drug-likeness (QED) is 0.474. The SMILES string of the molecule is CC1COCC(C)N1c1ccc([N+](=O)[O-])cc1C=O. The van der Waals surface area contributed by atoms with Crippen LogP contribution in [0.4, 0.5) is 11.4 Å². The molecule has 1 heterocycles. The van der Waals surface area contributed by atoms with E-state index in [1.807, 2.05) is 13.8 Å². The van der Waals surface area contributed by atoms with Crippen molar-refractivity contribution in [2.75, 3.05) is 18.1 Å². The van der Waals surface area contributed by atoms with Crippen molar-refractivity contribution in [1.82, 2.24) is 0 Å². The number of nitro benzene ring substituents is 1. The van der Waals surface area contributed by atoms with Crippen LogP contribution < -0.4 is 4.90 Å². The fourth-order valence-corrected chi connectivity index (χ4v) is 2.46. The fraction of sp³-hybridized carbons (Fsp3) is 0.462. The van der Waals surface area contributed by atoms with Gasteiger partial charge in [0.25, 0.3) is 5.69 Å². The number of non-ortho nitro benzene ring substituents is 1. The first-order valence-electron chi connectivity index (χ1n) is 6.14. The van der Waals surface area contributed by atoms with E-state index in [2.05, 4.69) is 4.90 Å². The Balaban J connectivity index is 2.43. The largest absolute Gasteiger partial charge is 0.377 e. The van der Waals surface area contributed by atoms with Crippen LogP contribution in [0.1, 0.15) is 24.2 Å². The lowest BCUT2D eigenvalue weighted by Crippen LogP contribution is -2.50. The number of anilines is 1. The maximum atomic E-state index is 11.2. The molecule has 1 aromatic carbocycles. The summed E-state index contributed by atoms with van der Waals surface area (Å²) in [6.07, 6.45) is 0.664. The third-order valence-corrected chi connectivity index (χ3v) is 3.29. The average molecular weight is 264 g/mol. The summed E-state index contributed by atoms with van der Waals surface area (Å²) in [6, 6.07) is 4.64. The molecule has 1 saturated heterocycles. The summed E-state index contributed by atoms with van der Waals surface area (Å²) in [7, 11) is 0. The second kappa shape index (κ2) is 5.36. The summed E-state index contributed by atoms with van der Waals surface area (Å²) in [5, 5.41) is 10.7. The highest BCUT2D eigenvalue weighted by molar-refractivity contribution is 5.86. The van der Waals surface area contributed by atoms with Crippen molar-refractivity contribution in [3.8, 4) is 0 Å². The number of carbonyl (C=O) groups is 1. The van der Waals surface area contributed by atoms with Gasteiger partial charge in [-0.1, -0.05) is 0 Å². The minimum atomic E-state index is -0.497. The molecule has 102 valence electrons. The Labute approximate surface area is 111 Å². The molecule has 1 aromatic rings. The molecule has 6 nitrogen and oxygen atoms in total. The first-order valence-corrected chi connectivity index (χ1v) is 6.14. The lowest BCUT2D eigenvalue weighted by Gasteiger charge is -2.41. The van der Waals surface area contributed by atoms with Gasteiger partial charge in [-0.2, -0.15) is 0 Å². The number of rotatable bonds is 3. The van der Waals surface area contributed by atoms with E-state index in [-0.39, 0.29) is 17.8 Å².